The first-order chi connectivity index (χ1) is 7.13. The van der Waals surface area contributed by atoms with Gasteiger partial charge in [0.25, 0.3) is 0 Å². The maximum absolute atomic E-state index is 4.06. The molecule has 0 fully saturated rings. The predicted octanol–water partition coefficient (Wildman–Crippen LogP) is 3.28. The van der Waals surface area contributed by atoms with Gasteiger partial charge in [0.05, 0.1) is 5.70 Å². The molecule has 15 heavy (non-hydrogen) atoms. The molecule has 0 aromatic heterocycles. The summed E-state index contributed by atoms with van der Waals surface area (Å²) in [6.07, 6.45) is 0. The van der Waals surface area contributed by atoms with Gasteiger partial charge in [0.2, 0.25) is 0 Å². The minimum Gasteiger partial charge on any atom is -0.282 e. The van der Waals surface area contributed by atoms with Gasteiger partial charge in [-0.1, -0.05) is 35.6 Å². The number of nitrogens with zero attached hydrogens (tertiary/aromatic N) is 3. The standard InChI is InChI=1S/C12H17N3/c1-5-15(4)14-13-11(3)12-8-6-7-10(2)9-12/h6-9H,3,5H2,1-2,4H3/b14-13-. The van der Waals surface area contributed by atoms with Crippen LogP contribution >= 0.6 is 0 Å². The third-order valence-electron chi connectivity index (χ3n) is 2.13. The fraction of sp³-hybridized carbons (Fsp3) is 0.333. The Morgan fingerprint density at radius 1 is 1.47 bits per heavy atom. The average molecular weight is 203 g/mol. The van der Waals surface area contributed by atoms with Crippen LogP contribution in [-0.2, 0) is 0 Å². The second-order valence-corrected chi connectivity index (χ2v) is 3.48. The van der Waals surface area contributed by atoms with Crippen molar-refractivity contribution >= 4 is 5.70 Å². The van der Waals surface area contributed by atoms with E-state index in [4.69, 9.17) is 0 Å². The van der Waals surface area contributed by atoms with E-state index in [1.807, 2.05) is 45.2 Å². The topological polar surface area (TPSA) is 28.0 Å². The number of aryl methyl sites for hydroxylation is 1. The van der Waals surface area contributed by atoms with Crippen molar-refractivity contribution in [2.75, 3.05) is 13.6 Å². The van der Waals surface area contributed by atoms with E-state index >= 15 is 0 Å². The molecule has 3 heteroatoms. The molecule has 3 nitrogen and oxygen atoms in total. The summed E-state index contributed by atoms with van der Waals surface area (Å²) in [7, 11) is 1.88. The van der Waals surface area contributed by atoms with Crippen LogP contribution in [0.3, 0.4) is 0 Å². The fourth-order valence-electron chi connectivity index (χ4n) is 1.08. The minimum absolute atomic E-state index is 0.694. The molecule has 0 N–H and O–H groups in total. The Labute approximate surface area is 91.1 Å². The van der Waals surface area contributed by atoms with Gasteiger partial charge in [-0.15, -0.1) is 5.11 Å². The normalized spacial score (nSPS) is 10.6. The Morgan fingerprint density at radius 2 is 2.20 bits per heavy atom. The van der Waals surface area contributed by atoms with Crippen LogP contribution in [0.2, 0.25) is 0 Å². The van der Waals surface area contributed by atoms with Gasteiger partial charge in [-0.2, -0.15) is 0 Å². The molecule has 0 spiro atoms. The Kier molecular flexibility index (Phi) is 4.03. The zero-order valence-corrected chi connectivity index (χ0v) is 9.57. The third kappa shape index (κ3) is 3.54. The second-order valence-electron chi connectivity index (χ2n) is 3.48. The molecule has 1 aromatic rings. The van der Waals surface area contributed by atoms with Gasteiger partial charge in [0.15, 0.2) is 0 Å². The summed E-state index contributed by atoms with van der Waals surface area (Å²) in [4.78, 5) is 0. The van der Waals surface area contributed by atoms with E-state index in [0.29, 0.717) is 5.70 Å². The summed E-state index contributed by atoms with van der Waals surface area (Å²) < 4.78 is 0. The smallest absolute Gasteiger partial charge is 0.0874 e. The van der Waals surface area contributed by atoms with Crippen LogP contribution in [0.25, 0.3) is 5.70 Å². The molecule has 80 valence electrons. The third-order valence-corrected chi connectivity index (χ3v) is 2.13. The molecule has 0 aliphatic heterocycles. The van der Waals surface area contributed by atoms with Gasteiger partial charge < -0.3 is 0 Å². The van der Waals surface area contributed by atoms with E-state index < -0.39 is 0 Å². The largest absolute Gasteiger partial charge is 0.282 e. The van der Waals surface area contributed by atoms with Crippen LogP contribution in [0.15, 0.2) is 41.2 Å². The first-order valence-corrected chi connectivity index (χ1v) is 5.02. The predicted molar refractivity (Wildman–Crippen MR) is 63.4 cm³/mol. The lowest BCUT2D eigenvalue weighted by Crippen LogP contribution is -2.07. The number of hydrogen-bond acceptors (Lipinski definition) is 2. The van der Waals surface area contributed by atoms with Crippen molar-refractivity contribution in [2.24, 2.45) is 10.3 Å². The van der Waals surface area contributed by atoms with Crippen molar-refractivity contribution < 1.29 is 0 Å². The van der Waals surface area contributed by atoms with Gasteiger partial charge in [-0.25, -0.2) is 0 Å². The summed E-state index contributed by atoms with van der Waals surface area (Å²) in [6, 6.07) is 8.08. The maximum atomic E-state index is 4.06. The lowest BCUT2D eigenvalue weighted by atomic mass is 10.1. The first-order valence-electron chi connectivity index (χ1n) is 5.02. The monoisotopic (exact) mass is 203 g/mol. The molecular formula is C12H17N3. The Morgan fingerprint density at radius 3 is 2.80 bits per heavy atom. The second kappa shape index (κ2) is 5.29. The van der Waals surface area contributed by atoms with Gasteiger partial charge >= 0.3 is 0 Å². The highest BCUT2D eigenvalue weighted by atomic mass is 15.5. The number of benzene rings is 1. The summed E-state index contributed by atoms with van der Waals surface area (Å²) in [5, 5.41) is 9.83. The summed E-state index contributed by atoms with van der Waals surface area (Å²) in [5.74, 6) is 0. The zero-order valence-electron chi connectivity index (χ0n) is 9.57. The molecule has 0 aliphatic rings. The van der Waals surface area contributed by atoms with Crippen LogP contribution in [-0.4, -0.2) is 18.6 Å². The first kappa shape index (κ1) is 11.4. The molecule has 0 heterocycles. The minimum atomic E-state index is 0.694. The molecule has 0 amide bonds. The van der Waals surface area contributed by atoms with E-state index in [0.717, 1.165) is 12.1 Å². The Hall–Kier alpha value is -1.64. The zero-order chi connectivity index (χ0) is 11.3. The van der Waals surface area contributed by atoms with Crippen molar-refractivity contribution in [2.45, 2.75) is 13.8 Å². The van der Waals surface area contributed by atoms with Crippen LogP contribution in [0, 0.1) is 6.92 Å². The van der Waals surface area contributed by atoms with E-state index in [9.17, 15) is 0 Å². The van der Waals surface area contributed by atoms with E-state index in [-0.39, 0.29) is 0 Å². The van der Waals surface area contributed by atoms with Crippen molar-refractivity contribution in [1.82, 2.24) is 5.01 Å². The van der Waals surface area contributed by atoms with Crippen molar-refractivity contribution in [3.63, 3.8) is 0 Å². The van der Waals surface area contributed by atoms with E-state index in [1.54, 1.807) is 5.01 Å². The molecule has 0 unspecified atom stereocenters. The molecule has 0 aliphatic carbocycles. The molecule has 0 bridgehead atoms. The number of hydrogen-bond donors (Lipinski definition) is 0. The summed E-state index contributed by atoms with van der Waals surface area (Å²) >= 11 is 0. The summed E-state index contributed by atoms with van der Waals surface area (Å²) in [6.45, 7) is 8.79. The van der Waals surface area contributed by atoms with Crippen LogP contribution in [0.5, 0.6) is 0 Å². The van der Waals surface area contributed by atoms with Gasteiger partial charge in [-0.05, 0) is 19.9 Å². The molecular weight excluding hydrogens is 186 g/mol. The lowest BCUT2D eigenvalue weighted by molar-refractivity contribution is 0.351. The van der Waals surface area contributed by atoms with E-state index in [1.165, 1.54) is 5.56 Å². The fourth-order valence-corrected chi connectivity index (χ4v) is 1.08. The Bertz CT molecular complexity index is 369. The van der Waals surface area contributed by atoms with Crippen molar-refractivity contribution in [3.05, 3.63) is 42.0 Å². The molecule has 0 saturated heterocycles. The van der Waals surface area contributed by atoms with Crippen molar-refractivity contribution in [3.8, 4) is 0 Å². The Balaban J connectivity index is 2.73. The number of rotatable bonds is 4. The quantitative estimate of drug-likeness (QED) is 0.545. The maximum Gasteiger partial charge on any atom is 0.0874 e. The highest BCUT2D eigenvalue weighted by molar-refractivity contribution is 5.62. The van der Waals surface area contributed by atoms with Crippen LogP contribution in [0.4, 0.5) is 0 Å². The van der Waals surface area contributed by atoms with Crippen molar-refractivity contribution in [1.29, 1.82) is 0 Å². The van der Waals surface area contributed by atoms with E-state index in [2.05, 4.69) is 16.9 Å². The molecule has 0 saturated carbocycles. The van der Waals surface area contributed by atoms with Gasteiger partial charge in [0, 0.05) is 19.2 Å². The van der Waals surface area contributed by atoms with Crippen LogP contribution in [0.1, 0.15) is 18.1 Å². The average Bonchev–Trinajstić information content (AvgIpc) is 2.25. The SMILES string of the molecule is C=C(/N=N\N(C)CC)c1cccc(C)c1. The van der Waals surface area contributed by atoms with Gasteiger partial charge in [-0.3, -0.25) is 5.01 Å². The molecule has 0 radical (unpaired) electrons. The molecule has 1 aromatic carbocycles. The van der Waals surface area contributed by atoms with Crippen LogP contribution < -0.4 is 0 Å². The highest BCUT2D eigenvalue weighted by Gasteiger charge is 1.97. The highest BCUT2D eigenvalue weighted by Crippen LogP contribution is 2.15. The summed E-state index contributed by atoms with van der Waals surface area (Å²) in [5.41, 5.74) is 2.91. The molecule has 1 rings (SSSR count). The lowest BCUT2D eigenvalue weighted by Gasteiger charge is -2.07. The molecule has 0 atom stereocenters. The van der Waals surface area contributed by atoms with Gasteiger partial charge in [0.1, 0.15) is 0 Å².